The van der Waals surface area contributed by atoms with E-state index in [9.17, 15) is 18.0 Å². The van der Waals surface area contributed by atoms with Gasteiger partial charge in [0.05, 0.1) is 0 Å². The standard InChI is InChI=1S/C17H31F3O2S/c1-5-6-11-14(15(21)22-16(2,3)4)23-13-10-8-7-9-12-17(18,19)20/h14H,5-13H2,1-4H3. The average molecular weight is 356 g/mol. The second kappa shape index (κ2) is 11.2. The van der Waals surface area contributed by atoms with Gasteiger partial charge in [0.2, 0.25) is 0 Å². The van der Waals surface area contributed by atoms with E-state index in [2.05, 4.69) is 6.92 Å². The molecular weight excluding hydrogens is 325 g/mol. The minimum atomic E-state index is -4.04. The number of halogens is 3. The van der Waals surface area contributed by atoms with Crippen molar-refractivity contribution < 1.29 is 22.7 Å². The van der Waals surface area contributed by atoms with Crippen molar-refractivity contribution in [3.8, 4) is 0 Å². The zero-order chi connectivity index (χ0) is 17.9. The normalized spacial score (nSPS) is 13.9. The number of rotatable bonds is 11. The number of unbranched alkanes of at least 4 members (excludes halogenated alkanes) is 4. The smallest absolute Gasteiger partial charge is 0.389 e. The van der Waals surface area contributed by atoms with Crippen molar-refractivity contribution >= 4 is 17.7 Å². The molecule has 0 saturated heterocycles. The van der Waals surface area contributed by atoms with E-state index >= 15 is 0 Å². The Morgan fingerprint density at radius 1 is 1.04 bits per heavy atom. The predicted octanol–water partition coefficient (Wildman–Crippen LogP) is 6.13. The van der Waals surface area contributed by atoms with Crippen LogP contribution in [0.2, 0.25) is 0 Å². The molecule has 0 heterocycles. The van der Waals surface area contributed by atoms with Gasteiger partial charge in [-0.05, 0) is 45.8 Å². The monoisotopic (exact) mass is 356 g/mol. The molecule has 1 unspecified atom stereocenters. The molecule has 6 heteroatoms. The van der Waals surface area contributed by atoms with Gasteiger partial charge in [0.25, 0.3) is 0 Å². The predicted molar refractivity (Wildman–Crippen MR) is 90.8 cm³/mol. The highest BCUT2D eigenvalue weighted by molar-refractivity contribution is 8.00. The topological polar surface area (TPSA) is 26.3 Å². The Balaban J connectivity index is 3.99. The summed E-state index contributed by atoms with van der Waals surface area (Å²) in [4.78, 5) is 12.2. The lowest BCUT2D eigenvalue weighted by Crippen LogP contribution is -2.30. The molecule has 0 aliphatic heterocycles. The second-order valence-corrected chi connectivity index (χ2v) is 8.13. The van der Waals surface area contributed by atoms with E-state index in [0.717, 1.165) is 37.9 Å². The third-order valence-corrected chi connectivity index (χ3v) is 4.52. The third kappa shape index (κ3) is 14.9. The highest BCUT2D eigenvalue weighted by atomic mass is 32.2. The highest BCUT2D eigenvalue weighted by Gasteiger charge is 2.26. The Bertz CT molecular complexity index is 325. The molecule has 0 saturated carbocycles. The van der Waals surface area contributed by atoms with Crippen molar-refractivity contribution in [2.45, 2.75) is 96.1 Å². The molecule has 0 aromatic heterocycles. The largest absolute Gasteiger partial charge is 0.459 e. The molecule has 0 rings (SSSR count). The van der Waals surface area contributed by atoms with Gasteiger partial charge < -0.3 is 4.74 Å². The first-order valence-corrected chi connectivity index (χ1v) is 9.51. The van der Waals surface area contributed by atoms with Crippen molar-refractivity contribution in [3.05, 3.63) is 0 Å². The van der Waals surface area contributed by atoms with E-state index in [1.165, 1.54) is 0 Å². The maximum atomic E-state index is 12.2. The van der Waals surface area contributed by atoms with Crippen LogP contribution in [-0.4, -0.2) is 28.7 Å². The minimum absolute atomic E-state index is 0.163. The van der Waals surface area contributed by atoms with Crippen molar-refractivity contribution in [1.29, 1.82) is 0 Å². The van der Waals surface area contributed by atoms with E-state index in [0.29, 0.717) is 6.42 Å². The number of alkyl halides is 3. The Morgan fingerprint density at radius 2 is 1.65 bits per heavy atom. The average Bonchev–Trinajstić information content (AvgIpc) is 2.37. The van der Waals surface area contributed by atoms with Gasteiger partial charge in [-0.1, -0.05) is 32.6 Å². The van der Waals surface area contributed by atoms with Gasteiger partial charge in [0.1, 0.15) is 10.9 Å². The third-order valence-electron chi connectivity index (χ3n) is 3.16. The van der Waals surface area contributed by atoms with Crippen LogP contribution in [0.4, 0.5) is 13.2 Å². The molecule has 0 bridgehead atoms. The lowest BCUT2D eigenvalue weighted by atomic mass is 10.1. The molecule has 0 aliphatic carbocycles. The first-order valence-electron chi connectivity index (χ1n) is 8.46. The molecule has 0 spiro atoms. The summed E-state index contributed by atoms with van der Waals surface area (Å²) in [5.41, 5.74) is -0.486. The van der Waals surface area contributed by atoms with Gasteiger partial charge in [-0.2, -0.15) is 13.2 Å². The van der Waals surface area contributed by atoms with E-state index in [1.54, 1.807) is 11.8 Å². The van der Waals surface area contributed by atoms with E-state index < -0.39 is 18.2 Å². The number of carbonyl (C=O) groups is 1. The van der Waals surface area contributed by atoms with Crippen LogP contribution in [0.25, 0.3) is 0 Å². The zero-order valence-electron chi connectivity index (χ0n) is 14.8. The molecule has 0 N–H and O–H groups in total. The highest BCUT2D eigenvalue weighted by Crippen LogP contribution is 2.25. The molecule has 0 aromatic carbocycles. The van der Waals surface area contributed by atoms with E-state index in [-0.39, 0.29) is 17.6 Å². The van der Waals surface area contributed by atoms with Crippen LogP contribution >= 0.6 is 11.8 Å². The maximum absolute atomic E-state index is 12.2. The molecule has 2 nitrogen and oxygen atoms in total. The van der Waals surface area contributed by atoms with Crippen molar-refractivity contribution in [3.63, 3.8) is 0 Å². The SMILES string of the molecule is CCCCC(SCCCCCCC(F)(F)F)C(=O)OC(C)(C)C. The summed E-state index contributed by atoms with van der Waals surface area (Å²) in [6.45, 7) is 7.64. The van der Waals surface area contributed by atoms with Gasteiger partial charge in [0.15, 0.2) is 0 Å². The first kappa shape index (κ1) is 22.6. The van der Waals surface area contributed by atoms with Crippen LogP contribution in [0.3, 0.4) is 0 Å². The first-order chi connectivity index (χ1) is 10.5. The number of ether oxygens (including phenoxy) is 1. The van der Waals surface area contributed by atoms with Crippen molar-refractivity contribution in [2.24, 2.45) is 0 Å². The number of carbonyl (C=O) groups excluding carboxylic acids is 1. The number of hydrogen-bond donors (Lipinski definition) is 0. The van der Waals surface area contributed by atoms with Crippen molar-refractivity contribution in [1.82, 2.24) is 0 Å². The molecule has 0 aliphatic rings. The molecule has 138 valence electrons. The Hall–Kier alpha value is -0.390. The quantitative estimate of drug-likeness (QED) is 0.329. The van der Waals surface area contributed by atoms with Crippen LogP contribution in [0.1, 0.15) is 79.1 Å². The maximum Gasteiger partial charge on any atom is 0.389 e. The summed E-state index contributed by atoms with van der Waals surface area (Å²) in [5, 5.41) is -0.163. The lowest BCUT2D eigenvalue weighted by Gasteiger charge is -2.23. The fourth-order valence-electron chi connectivity index (χ4n) is 2.03. The van der Waals surface area contributed by atoms with Crippen LogP contribution in [-0.2, 0) is 9.53 Å². The molecular formula is C17H31F3O2S. The van der Waals surface area contributed by atoms with Crippen LogP contribution < -0.4 is 0 Å². The second-order valence-electron chi connectivity index (χ2n) is 6.81. The summed E-state index contributed by atoms with van der Waals surface area (Å²) in [5.74, 6) is 0.618. The number of thioether (sulfide) groups is 1. The van der Waals surface area contributed by atoms with Gasteiger partial charge in [-0.15, -0.1) is 11.8 Å². The molecule has 0 fully saturated rings. The Kier molecular flexibility index (Phi) is 11.0. The van der Waals surface area contributed by atoms with Crippen molar-refractivity contribution in [2.75, 3.05) is 5.75 Å². The molecule has 0 amide bonds. The van der Waals surface area contributed by atoms with Crippen LogP contribution in [0.5, 0.6) is 0 Å². The number of esters is 1. The summed E-state index contributed by atoms with van der Waals surface area (Å²) >= 11 is 1.58. The Morgan fingerprint density at radius 3 is 2.17 bits per heavy atom. The summed E-state index contributed by atoms with van der Waals surface area (Å²) in [6, 6.07) is 0. The Labute approximate surface area is 142 Å². The zero-order valence-corrected chi connectivity index (χ0v) is 15.6. The van der Waals surface area contributed by atoms with Crippen LogP contribution in [0.15, 0.2) is 0 Å². The van der Waals surface area contributed by atoms with Gasteiger partial charge >= 0.3 is 12.1 Å². The molecule has 0 radical (unpaired) electrons. The molecule has 0 aromatic rings. The van der Waals surface area contributed by atoms with Gasteiger partial charge in [0, 0.05) is 6.42 Å². The minimum Gasteiger partial charge on any atom is -0.459 e. The lowest BCUT2D eigenvalue weighted by molar-refractivity contribution is -0.154. The summed E-state index contributed by atoms with van der Waals surface area (Å²) in [6.07, 6.45) is 0.454. The fourth-order valence-corrected chi connectivity index (χ4v) is 3.21. The number of hydrogen-bond acceptors (Lipinski definition) is 3. The van der Waals surface area contributed by atoms with Gasteiger partial charge in [-0.3, -0.25) is 4.79 Å². The van der Waals surface area contributed by atoms with E-state index in [1.807, 2.05) is 20.8 Å². The van der Waals surface area contributed by atoms with Gasteiger partial charge in [-0.25, -0.2) is 0 Å². The fraction of sp³-hybridized carbons (Fsp3) is 0.941. The van der Waals surface area contributed by atoms with Crippen LogP contribution in [0, 0.1) is 0 Å². The van der Waals surface area contributed by atoms with E-state index in [4.69, 9.17) is 4.74 Å². The summed E-state index contributed by atoms with van der Waals surface area (Å²) in [7, 11) is 0. The molecule has 1 atom stereocenters. The summed E-state index contributed by atoms with van der Waals surface area (Å²) < 4.78 is 41.5. The molecule has 23 heavy (non-hydrogen) atoms.